The minimum Gasteiger partial charge on any atom is -0.348 e. The van der Waals surface area contributed by atoms with Crippen LogP contribution in [-0.4, -0.2) is 19.9 Å². The Hall–Kier alpha value is -1.96. The van der Waals surface area contributed by atoms with Crippen molar-refractivity contribution in [1.82, 2.24) is 10.0 Å². The van der Waals surface area contributed by atoms with Crippen LogP contribution >= 0.6 is 11.6 Å². The molecule has 2 N–H and O–H groups in total. The van der Waals surface area contributed by atoms with Crippen molar-refractivity contribution in [2.24, 2.45) is 0 Å². The molecule has 0 aliphatic carbocycles. The molecule has 0 fully saturated rings. The van der Waals surface area contributed by atoms with E-state index in [-0.39, 0.29) is 22.0 Å². The molecular weight excluding hydrogens is 379 g/mol. The van der Waals surface area contributed by atoms with Crippen LogP contribution < -0.4 is 10.0 Å². The largest absolute Gasteiger partial charge is 0.348 e. The number of rotatable bonds is 5. The van der Waals surface area contributed by atoms with Crippen LogP contribution in [0.15, 0.2) is 47.4 Å². The summed E-state index contributed by atoms with van der Waals surface area (Å²) >= 11 is 6.01. The molecule has 0 saturated heterocycles. The molecule has 0 spiro atoms. The molecule has 0 unspecified atom stereocenters. The van der Waals surface area contributed by atoms with Crippen LogP contribution in [0.2, 0.25) is 5.02 Å². The quantitative estimate of drug-likeness (QED) is 0.809. The van der Waals surface area contributed by atoms with Gasteiger partial charge in [-0.15, -0.1) is 0 Å². The molecule has 0 radical (unpaired) electrons. The second kappa shape index (κ2) is 7.73. The zero-order valence-corrected chi connectivity index (χ0v) is 16.2. The molecule has 140 valence electrons. The number of sulfonamides is 1. The van der Waals surface area contributed by atoms with Gasteiger partial charge in [0.05, 0.1) is 5.02 Å². The SMILES string of the molecule is CC(C)(C)NS(=O)(=O)c1cc(C(=O)NCc2ccccc2F)ccc1Cl. The summed E-state index contributed by atoms with van der Waals surface area (Å²) in [7, 11) is -3.90. The van der Waals surface area contributed by atoms with E-state index in [2.05, 4.69) is 10.0 Å². The first-order valence-electron chi connectivity index (χ1n) is 7.85. The summed E-state index contributed by atoms with van der Waals surface area (Å²) in [5.41, 5.74) is -0.261. The van der Waals surface area contributed by atoms with Gasteiger partial charge in [0.25, 0.3) is 5.91 Å². The van der Waals surface area contributed by atoms with Crippen LogP contribution in [0, 0.1) is 5.82 Å². The summed E-state index contributed by atoms with van der Waals surface area (Å²) in [5, 5.41) is 2.57. The summed E-state index contributed by atoms with van der Waals surface area (Å²) < 4.78 is 41.1. The Morgan fingerprint density at radius 1 is 1.15 bits per heavy atom. The fraction of sp³-hybridized carbons (Fsp3) is 0.278. The normalized spacial score (nSPS) is 12.0. The van der Waals surface area contributed by atoms with E-state index in [0.717, 1.165) is 0 Å². The van der Waals surface area contributed by atoms with Gasteiger partial charge in [-0.3, -0.25) is 4.79 Å². The Kier molecular flexibility index (Phi) is 6.05. The van der Waals surface area contributed by atoms with E-state index in [1.54, 1.807) is 39.0 Å². The molecule has 1 amide bonds. The lowest BCUT2D eigenvalue weighted by Gasteiger charge is -2.21. The molecule has 2 aromatic rings. The zero-order chi connectivity index (χ0) is 19.5. The fourth-order valence-corrected chi connectivity index (χ4v) is 4.17. The van der Waals surface area contributed by atoms with Gasteiger partial charge in [-0.1, -0.05) is 29.8 Å². The van der Waals surface area contributed by atoms with Crippen LogP contribution in [0.1, 0.15) is 36.7 Å². The minimum atomic E-state index is -3.90. The molecule has 0 heterocycles. The molecule has 26 heavy (non-hydrogen) atoms. The number of benzene rings is 2. The lowest BCUT2D eigenvalue weighted by atomic mass is 10.1. The molecule has 0 aliphatic rings. The average molecular weight is 399 g/mol. The first-order valence-corrected chi connectivity index (χ1v) is 9.71. The van der Waals surface area contributed by atoms with Crippen molar-refractivity contribution in [1.29, 1.82) is 0 Å². The molecule has 2 rings (SSSR count). The lowest BCUT2D eigenvalue weighted by Crippen LogP contribution is -2.40. The Balaban J connectivity index is 2.23. The second-order valence-electron chi connectivity index (χ2n) is 6.77. The number of amides is 1. The first-order chi connectivity index (χ1) is 12.0. The maximum absolute atomic E-state index is 13.6. The van der Waals surface area contributed by atoms with Crippen LogP contribution in [0.25, 0.3) is 0 Å². The number of hydrogen-bond donors (Lipinski definition) is 2. The van der Waals surface area contributed by atoms with Crippen molar-refractivity contribution in [3.05, 3.63) is 64.4 Å². The van der Waals surface area contributed by atoms with Gasteiger partial charge >= 0.3 is 0 Å². The second-order valence-corrected chi connectivity index (χ2v) is 8.83. The smallest absolute Gasteiger partial charge is 0.251 e. The Labute approximate surface area is 157 Å². The van der Waals surface area contributed by atoms with Gasteiger partial charge in [0.1, 0.15) is 10.7 Å². The Bertz CT molecular complexity index is 924. The highest BCUT2D eigenvalue weighted by Gasteiger charge is 2.25. The van der Waals surface area contributed by atoms with Crippen LogP contribution in [0.5, 0.6) is 0 Å². The fourth-order valence-electron chi connectivity index (χ4n) is 2.23. The molecule has 0 bridgehead atoms. The van der Waals surface area contributed by atoms with Crippen molar-refractivity contribution in [2.45, 2.75) is 37.8 Å². The summed E-state index contributed by atoms with van der Waals surface area (Å²) in [6.07, 6.45) is 0. The highest BCUT2D eigenvalue weighted by atomic mass is 35.5. The van der Waals surface area contributed by atoms with Gasteiger partial charge in [0.15, 0.2) is 0 Å². The minimum absolute atomic E-state index is 0.00686. The molecule has 5 nitrogen and oxygen atoms in total. The first kappa shape index (κ1) is 20.4. The van der Waals surface area contributed by atoms with Crippen LogP contribution in [-0.2, 0) is 16.6 Å². The molecule has 0 aromatic heterocycles. The van der Waals surface area contributed by atoms with E-state index >= 15 is 0 Å². The van der Waals surface area contributed by atoms with E-state index in [9.17, 15) is 17.6 Å². The van der Waals surface area contributed by atoms with Gasteiger partial charge in [-0.2, -0.15) is 0 Å². The van der Waals surface area contributed by atoms with E-state index < -0.39 is 27.3 Å². The third-order valence-electron chi connectivity index (χ3n) is 3.32. The number of hydrogen-bond acceptors (Lipinski definition) is 3. The highest BCUT2D eigenvalue weighted by Crippen LogP contribution is 2.24. The topological polar surface area (TPSA) is 75.3 Å². The average Bonchev–Trinajstić information content (AvgIpc) is 2.51. The summed E-state index contributed by atoms with van der Waals surface area (Å²) in [6, 6.07) is 10.0. The maximum atomic E-state index is 13.6. The molecular formula is C18H20ClFN2O3S. The summed E-state index contributed by atoms with van der Waals surface area (Å²) in [5.74, 6) is -0.960. The van der Waals surface area contributed by atoms with Gasteiger partial charge in [0, 0.05) is 23.2 Å². The standard InChI is InChI=1S/C18H20ClFN2O3S/c1-18(2,3)22-26(24,25)16-10-12(8-9-14(16)19)17(23)21-11-13-6-4-5-7-15(13)20/h4-10,22H,11H2,1-3H3,(H,21,23). The van der Waals surface area contributed by atoms with E-state index in [1.165, 1.54) is 24.3 Å². The van der Waals surface area contributed by atoms with Crippen molar-refractivity contribution < 1.29 is 17.6 Å². The number of halogens is 2. The van der Waals surface area contributed by atoms with Gasteiger partial charge < -0.3 is 5.32 Å². The predicted molar refractivity (Wildman–Crippen MR) is 99.1 cm³/mol. The van der Waals surface area contributed by atoms with Crippen molar-refractivity contribution in [3.8, 4) is 0 Å². The maximum Gasteiger partial charge on any atom is 0.251 e. The third-order valence-corrected chi connectivity index (χ3v) is 5.56. The van der Waals surface area contributed by atoms with E-state index in [0.29, 0.717) is 5.56 Å². The highest BCUT2D eigenvalue weighted by molar-refractivity contribution is 7.89. The van der Waals surface area contributed by atoms with Gasteiger partial charge in [0.2, 0.25) is 10.0 Å². The van der Waals surface area contributed by atoms with Crippen molar-refractivity contribution >= 4 is 27.5 Å². The third kappa shape index (κ3) is 5.27. The van der Waals surface area contributed by atoms with Crippen LogP contribution in [0.3, 0.4) is 0 Å². The lowest BCUT2D eigenvalue weighted by molar-refractivity contribution is 0.0950. The summed E-state index contributed by atoms with van der Waals surface area (Å²) in [4.78, 5) is 12.1. The molecule has 8 heteroatoms. The van der Waals surface area contributed by atoms with E-state index in [1.807, 2.05) is 0 Å². The predicted octanol–water partition coefficient (Wildman–Crippen LogP) is 3.49. The van der Waals surface area contributed by atoms with Crippen LogP contribution in [0.4, 0.5) is 4.39 Å². The van der Waals surface area contributed by atoms with Crippen molar-refractivity contribution in [2.75, 3.05) is 0 Å². The Morgan fingerprint density at radius 2 is 1.81 bits per heavy atom. The van der Waals surface area contributed by atoms with E-state index in [4.69, 9.17) is 11.6 Å². The van der Waals surface area contributed by atoms with Gasteiger partial charge in [-0.05, 0) is 45.0 Å². The monoisotopic (exact) mass is 398 g/mol. The molecule has 0 aliphatic heterocycles. The molecule has 2 aromatic carbocycles. The number of carbonyl (C=O) groups is 1. The van der Waals surface area contributed by atoms with Crippen molar-refractivity contribution in [3.63, 3.8) is 0 Å². The summed E-state index contributed by atoms with van der Waals surface area (Å²) in [6.45, 7) is 5.08. The molecule has 0 saturated carbocycles. The zero-order valence-electron chi connectivity index (χ0n) is 14.6. The molecule has 0 atom stereocenters. The van der Waals surface area contributed by atoms with Gasteiger partial charge in [-0.25, -0.2) is 17.5 Å². The number of nitrogens with one attached hydrogen (secondary N) is 2. The number of carbonyl (C=O) groups excluding carboxylic acids is 1. The Morgan fingerprint density at radius 3 is 2.42 bits per heavy atom.